The van der Waals surface area contributed by atoms with Gasteiger partial charge in [-0.15, -0.1) is 0 Å². The molecule has 3 aromatic rings. The summed E-state index contributed by atoms with van der Waals surface area (Å²) in [6.07, 6.45) is 0. The Kier molecular flexibility index (Phi) is 4.74. The minimum atomic E-state index is -0.144. The van der Waals surface area contributed by atoms with Crippen LogP contribution in [0.5, 0.6) is 11.5 Å². The minimum absolute atomic E-state index is 0.144. The van der Waals surface area contributed by atoms with Crippen LogP contribution in [0.4, 0.5) is 23.1 Å². The maximum absolute atomic E-state index is 11.2. The summed E-state index contributed by atoms with van der Waals surface area (Å²) >= 11 is 0. The number of hydrogen-bond donors (Lipinski definition) is 3. The number of nitrogen functional groups attached to an aromatic ring is 1. The number of carbonyl (C=O) groups is 1. The molecule has 1 amide bonds. The van der Waals surface area contributed by atoms with E-state index >= 15 is 0 Å². The van der Waals surface area contributed by atoms with Gasteiger partial charge in [0.05, 0.1) is 19.7 Å². The van der Waals surface area contributed by atoms with Crippen molar-refractivity contribution in [1.82, 2.24) is 9.97 Å². The molecular weight excluding hydrogens is 334 g/mol. The lowest BCUT2D eigenvalue weighted by Gasteiger charge is -2.12. The fourth-order valence-corrected chi connectivity index (χ4v) is 2.54. The number of hydrogen-bond acceptors (Lipinski definition) is 7. The van der Waals surface area contributed by atoms with Crippen LogP contribution < -0.4 is 25.8 Å². The number of nitrogens with two attached hydrogens (primary N) is 1. The van der Waals surface area contributed by atoms with Gasteiger partial charge in [0, 0.05) is 29.8 Å². The summed E-state index contributed by atoms with van der Waals surface area (Å²) in [5.41, 5.74) is 8.09. The summed E-state index contributed by atoms with van der Waals surface area (Å²) in [6.45, 7) is 1.45. The van der Waals surface area contributed by atoms with E-state index in [9.17, 15) is 4.79 Å². The van der Waals surface area contributed by atoms with Gasteiger partial charge in [-0.25, -0.2) is 4.98 Å². The molecule has 26 heavy (non-hydrogen) atoms. The van der Waals surface area contributed by atoms with Crippen molar-refractivity contribution in [1.29, 1.82) is 0 Å². The Hall–Kier alpha value is -3.55. The Morgan fingerprint density at radius 2 is 1.73 bits per heavy atom. The molecule has 3 rings (SSSR count). The first-order valence-corrected chi connectivity index (χ1v) is 7.84. The molecule has 134 valence electrons. The third-order valence-corrected chi connectivity index (χ3v) is 3.67. The van der Waals surface area contributed by atoms with Crippen LogP contribution in [0, 0.1) is 0 Å². The number of methoxy groups -OCH3 is 2. The highest BCUT2D eigenvalue weighted by atomic mass is 16.5. The summed E-state index contributed by atoms with van der Waals surface area (Å²) in [5, 5.41) is 6.48. The van der Waals surface area contributed by atoms with E-state index in [0.717, 1.165) is 5.69 Å². The van der Waals surface area contributed by atoms with Crippen LogP contribution in [0.15, 0.2) is 36.4 Å². The predicted molar refractivity (Wildman–Crippen MR) is 101 cm³/mol. The summed E-state index contributed by atoms with van der Waals surface area (Å²) in [4.78, 5) is 20.0. The quantitative estimate of drug-likeness (QED) is 0.646. The van der Waals surface area contributed by atoms with Gasteiger partial charge >= 0.3 is 0 Å². The zero-order chi connectivity index (χ0) is 18.7. The number of anilines is 4. The van der Waals surface area contributed by atoms with Gasteiger partial charge in [-0.2, -0.15) is 4.98 Å². The molecule has 0 aliphatic carbocycles. The van der Waals surface area contributed by atoms with Gasteiger partial charge in [0.2, 0.25) is 11.9 Å². The molecule has 0 bridgehead atoms. The average molecular weight is 353 g/mol. The molecule has 0 saturated carbocycles. The molecule has 1 aromatic heterocycles. The third kappa shape index (κ3) is 3.59. The van der Waals surface area contributed by atoms with Crippen LogP contribution in [0.25, 0.3) is 10.9 Å². The summed E-state index contributed by atoms with van der Waals surface area (Å²) < 4.78 is 10.6. The van der Waals surface area contributed by atoms with Gasteiger partial charge in [0.15, 0.2) is 11.5 Å². The van der Waals surface area contributed by atoms with E-state index in [4.69, 9.17) is 15.2 Å². The second-order valence-corrected chi connectivity index (χ2v) is 5.54. The van der Waals surface area contributed by atoms with E-state index in [1.165, 1.54) is 6.92 Å². The number of rotatable bonds is 5. The first kappa shape index (κ1) is 17.3. The number of nitrogens with one attached hydrogen (secondary N) is 2. The van der Waals surface area contributed by atoms with E-state index in [1.807, 2.05) is 12.1 Å². The first-order chi connectivity index (χ1) is 12.5. The molecule has 2 aromatic carbocycles. The van der Waals surface area contributed by atoms with E-state index < -0.39 is 0 Å². The monoisotopic (exact) mass is 353 g/mol. The molecule has 0 saturated heterocycles. The van der Waals surface area contributed by atoms with E-state index in [1.54, 1.807) is 38.5 Å². The van der Waals surface area contributed by atoms with Crippen LogP contribution in [0.1, 0.15) is 6.92 Å². The van der Waals surface area contributed by atoms with Crippen LogP contribution in [-0.2, 0) is 4.79 Å². The van der Waals surface area contributed by atoms with Gasteiger partial charge in [-0.1, -0.05) is 6.07 Å². The first-order valence-electron chi connectivity index (χ1n) is 7.84. The highest BCUT2D eigenvalue weighted by Crippen LogP contribution is 2.34. The van der Waals surface area contributed by atoms with Crippen molar-refractivity contribution in [3.05, 3.63) is 36.4 Å². The number of aromatic nitrogens is 2. The standard InChI is InChI=1S/C18H19N5O3/c1-10(24)20-11-5-4-6-12(7-11)21-18-22-14-9-16(26-3)15(25-2)8-13(14)17(19)23-18/h4-9H,1-3H3,(H,20,24)(H3,19,21,22,23). The van der Waals surface area contributed by atoms with Crippen LogP contribution in [0.3, 0.4) is 0 Å². The zero-order valence-electron chi connectivity index (χ0n) is 14.7. The Morgan fingerprint density at radius 3 is 2.42 bits per heavy atom. The predicted octanol–water partition coefficient (Wildman–Crippen LogP) is 2.93. The topological polar surface area (TPSA) is 111 Å². The molecule has 0 radical (unpaired) electrons. The molecule has 0 atom stereocenters. The second-order valence-electron chi connectivity index (χ2n) is 5.54. The molecule has 4 N–H and O–H groups in total. The van der Waals surface area contributed by atoms with Crippen LogP contribution in [-0.4, -0.2) is 30.1 Å². The molecule has 0 spiro atoms. The normalized spacial score (nSPS) is 10.4. The zero-order valence-corrected chi connectivity index (χ0v) is 14.7. The Morgan fingerprint density at radius 1 is 1.04 bits per heavy atom. The van der Waals surface area contributed by atoms with Crippen molar-refractivity contribution < 1.29 is 14.3 Å². The minimum Gasteiger partial charge on any atom is -0.493 e. The van der Waals surface area contributed by atoms with Gasteiger partial charge in [-0.3, -0.25) is 4.79 Å². The maximum atomic E-state index is 11.2. The fourth-order valence-electron chi connectivity index (χ4n) is 2.54. The number of benzene rings is 2. The molecule has 8 heteroatoms. The molecule has 1 heterocycles. The van der Waals surface area contributed by atoms with Crippen molar-refractivity contribution in [2.75, 3.05) is 30.6 Å². The molecular formula is C18H19N5O3. The van der Waals surface area contributed by atoms with Crippen LogP contribution in [0.2, 0.25) is 0 Å². The number of nitrogens with zero attached hydrogens (tertiary/aromatic N) is 2. The van der Waals surface area contributed by atoms with Crippen molar-refractivity contribution >= 4 is 40.0 Å². The summed E-state index contributed by atoms with van der Waals surface area (Å²) in [6, 6.07) is 10.7. The lowest BCUT2D eigenvalue weighted by atomic mass is 10.2. The summed E-state index contributed by atoms with van der Waals surface area (Å²) in [5.74, 6) is 1.61. The maximum Gasteiger partial charge on any atom is 0.229 e. The molecule has 0 aliphatic heterocycles. The number of carbonyl (C=O) groups excluding carboxylic acids is 1. The molecule has 0 unspecified atom stereocenters. The van der Waals surface area contributed by atoms with Gasteiger partial charge in [0.25, 0.3) is 0 Å². The summed E-state index contributed by atoms with van der Waals surface area (Å²) in [7, 11) is 3.11. The molecule has 8 nitrogen and oxygen atoms in total. The average Bonchev–Trinajstić information content (AvgIpc) is 2.60. The van der Waals surface area contributed by atoms with E-state index in [-0.39, 0.29) is 5.91 Å². The van der Waals surface area contributed by atoms with E-state index in [2.05, 4.69) is 20.6 Å². The number of amides is 1. The van der Waals surface area contributed by atoms with Gasteiger partial charge in [-0.05, 0) is 24.3 Å². The SMILES string of the molecule is COc1cc2nc(Nc3cccc(NC(C)=O)c3)nc(N)c2cc1OC. The molecule has 0 aliphatic rings. The lowest BCUT2D eigenvalue weighted by molar-refractivity contribution is -0.114. The Balaban J connectivity index is 1.97. The van der Waals surface area contributed by atoms with Crippen molar-refractivity contribution in [2.24, 2.45) is 0 Å². The molecule has 0 fully saturated rings. The number of fused-ring (bicyclic) bond motifs is 1. The van der Waals surface area contributed by atoms with Gasteiger partial charge in [0.1, 0.15) is 5.82 Å². The smallest absolute Gasteiger partial charge is 0.229 e. The van der Waals surface area contributed by atoms with Crippen LogP contribution >= 0.6 is 0 Å². The Bertz CT molecular complexity index is 974. The van der Waals surface area contributed by atoms with Gasteiger partial charge < -0.3 is 25.8 Å². The van der Waals surface area contributed by atoms with Crippen molar-refractivity contribution in [3.63, 3.8) is 0 Å². The van der Waals surface area contributed by atoms with Crippen molar-refractivity contribution in [3.8, 4) is 11.5 Å². The second kappa shape index (κ2) is 7.14. The highest BCUT2D eigenvalue weighted by molar-refractivity contribution is 5.92. The van der Waals surface area contributed by atoms with Crippen molar-refractivity contribution in [2.45, 2.75) is 6.92 Å². The highest BCUT2D eigenvalue weighted by Gasteiger charge is 2.12. The lowest BCUT2D eigenvalue weighted by Crippen LogP contribution is -2.06. The number of ether oxygens (including phenoxy) is 2. The fraction of sp³-hybridized carbons (Fsp3) is 0.167. The third-order valence-electron chi connectivity index (χ3n) is 3.67. The van der Waals surface area contributed by atoms with E-state index in [0.29, 0.717) is 39.9 Å². The largest absolute Gasteiger partial charge is 0.493 e. The Labute approximate surface area is 150 Å².